The van der Waals surface area contributed by atoms with E-state index >= 15 is 0 Å². The number of ether oxygens (including phenoxy) is 1. The number of amides is 2. The lowest BCUT2D eigenvalue weighted by Crippen LogP contribution is -2.56. The van der Waals surface area contributed by atoms with Gasteiger partial charge in [-0.3, -0.25) is 14.4 Å². The highest BCUT2D eigenvalue weighted by atomic mass is 79.9. The number of hydrogen-bond donors (Lipinski definition) is 1. The molecule has 3 fully saturated rings. The molecule has 5 rings (SSSR count). The van der Waals surface area contributed by atoms with Crippen LogP contribution in [0.25, 0.3) is 0 Å². The van der Waals surface area contributed by atoms with E-state index in [4.69, 9.17) is 4.74 Å². The number of unbranched alkanes of at least 4 members (excludes halogenated alkanes) is 1. The summed E-state index contributed by atoms with van der Waals surface area (Å²) in [5, 5.41) is 10.5. The van der Waals surface area contributed by atoms with Crippen molar-refractivity contribution in [3.8, 4) is 0 Å². The topological polar surface area (TPSA) is 87.1 Å². The SMILES string of the molecule is C=CCCCOC(=O)[C@H]1[C@H]2C(=O)N([C@H](CO)c3ccccc3)C(C(=O)N(CC=C)Cc3ccccc3)C23CC(Br)[C@@H]1S3. The molecule has 3 heterocycles. The maximum atomic E-state index is 14.7. The summed E-state index contributed by atoms with van der Waals surface area (Å²) >= 11 is 5.37. The van der Waals surface area contributed by atoms with Gasteiger partial charge in [-0.25, -0.2) is 0 Å². The molecule has 0 aliphatic carbocycles. The second-order valence-electron chi connectivity index (χ2n) is 11.1. The van der Waals surface area contributed by atoms with Gasteiger partial charge in [0, 0.05) is 23.2 Å². The summed E-state index contributed by atoms with van der Waals surface area (Å²) in [6.07, 6.45) is 5.40. The molecule has 3 unspecified atom stereocenters. The first kappa shape index (κ1) is 30.6. The first-order valence-corrected chi connectivity index (χ1v) is 16.2. The summed E-state index contributed by atoms with van der Waals surface area (Å²) in [6.45, 7) is 8.15. The summed E-state index contributed by atoms with van der Waals surface area (Å²) in [4.78, 5) is 46.1. The molecule has 2 amide bonds. The number of likely N-dealkylation sites (tertiary alicyclic amines) is 1. The second-order valence-corrected chi connectivity index (χ2v) is 13.8. The number of nitrogens with zero attached hydrogens (tertiary/aromatic N) is 2. The zero-order chi connectivity index (χ0) is 29.9. The van der Waals surface area contributed by atoms with E-state index in [0.717, 1.165) is 17.5 Å². The third-order valence-corrected chi connectivity index (χ3v) is 11.8. The van der Waals surface area contributed by atoms with Gasteiger partial charge >= 0.3 is 5.97 Å². The van der Waals surface area contributed by atoms with Crippen molar-refractivity contribution in [2.45, 2.75) is 52.7 Å². The molecule has 2 aromatic rings. The van der Waals surface area contributed by atoms with E-state index in [-0.39, 0.29) is 35.1 Å². The molecule has 222 valence electrons. The maximum absolute atomic E-state index is 14.7. The maximum Gasteiger partial charge on any atom is 0.310 e. The Morgan fingerprint density at radius 1 is 1.14 bits per heavy atom. The van der Waals surface area contributed by atoms with Gasteiger partial charge in [-0.05, 0) is 30.4 Å². The summed E-state index contributed by atoms with van der Waals surface area (Å²) in [5.74, 6) is -2.32. The quantitative estimate of drug-likeness (QED) is 0.143. The van der Waals surface area contributed by atoms with Gasteiger partial charge in [0.2, 0.25) is 11.8 Å². The minimum absolute atomic E-state index is 0.0706. The zero-order valence-electron chi connectivity index (χ0n) is 23.5. The molecule has 3 aliphatic heterocycles. The number of carbonyl (C=O) groups is 3. The third-order valence-electron chi connectivity index (χ3n) is 8.60. The molecule has 2 bridgehead atoms. The summed E-state index contributed by atoms with van der Waals surface area (Å²) < 4.78 is 4.85. The van der Waals surface area contributed by atoms with E-state index in [1.165, 1.54) is 0 Å². The Kier molecular flexibility index (Phi) is 9.60. The van der Waals surface area contributed by atoms with Crippen LogP contribution in [0.3, 0.4) is 0 Å². The average molecular weight is 654 g/mol. The van der Waals surface area contributed by atoms with Crippen molar-refractivity contribution in [2.24, 2.45) is 11.8 Å². The van der Waals surface area contributed by atoms with Gasteiger partial charge in [0.05, 0.1) is 35.8 Å². The summed E-state index contributed by atoms with van der Waals surface area (Å²) in [5.41, 5.74) is 1.70. The molecule has 0 saturated carbocycles. The Morgan fingerprint density at radius 3 is 2.48 bits per heavy atom. The zero-order valence-corrected chi connectivity index (χ0v) is 25.9. The number of carbonyl (C=O) groups excluding carboxylic acids is 3. The van der Waals surface area contributed by atoms with Gasteiger partial charge in [-0.2, -0.15) is 0 Å². The van der Waals surface area contributed by atoms with E-state index < -0.39 is 34.6 Å². The molecule has 7 nitrogen and oxygen atoms in total. The van der Waals surface area contributed by atoms with Crippen molar-refractivity contribution in [2.75, 3.05) is 19.8 Å². The lowest BCUT2D eigenvalue weighted by molar-refractivity contribution is -0.154. The van der Waals surface area contributed by atoms with Gasteiger partial charge in [0.15, 0.2) is 0 Å². The number of aliphatic hydroxyl groups excluding tert-OH is 1. The highest BCUT2D eigenvalue weighted by molar-refractivity contribution is 9.09. The monoisotopic (exact) mass is 652 g/mol. The number of fused-ring (bicyclic) bond motifs is 1. The van der Waals surface area contributed by atoms with Crippen molar-refractivity contribution in [1.29, 1.82) is 0 Å². The number of esters is 1. The lowest BCUT2D eigenvalue weighted by Gasteiger charge is -2.40. The molecular weight excluding hydrogens is 616 g/mol. The van der Waals surface area contributed by atoms with Crippen molar-refractivity contribution < 1.29 is 24.2 Å². The minimum Gasteiger partial charge on any atom is -0.465 e. The molecule has 1 N–H and O–H groups in total. The number of thioether (sulfide) groups is 1. The van der Waals surface area contributed by atoms with Crippen LogP contribution < -0.4 is 0 Å². The molecule has 3 aliphatic rings. The first-order valence-electron chi connectivity index (χ1n) is 14.4. The van der Waals surface area contributed by atoms with E-state index in [1.807, 2.05) is 60.7 Å². The lowest BCUT2D eigenvalue weighted by atomic mass is 9.71. The molecule has 3 saturated heterocycles. The van der Waals surface area contributed by atoms with E-state index in [2.05, 4.69) is 29.1 Å². The largest absolute Gasteiger partial charge is 0.465 e. The van der Waals surface area contributed by atoms with Gasteiger partial charge in [0.25, 0.3) is 0 Å². The van der Waals surface area contributed by atoms with Crippen LogP contribution in [-0.4, -0.2) is 73.3 Å². The fraction of sp³-hybridized carbons (Fsp3) is 0.424. The molecule has 9 heteroatoms. The Hall–Kier alpha value is -2.88. The highest BCUT2D eigenvalue weighted by Gasteiger charge is 2.76. The summed E-state index contributed by atoms with van der Waals surface area (Å²) in [6, 6.07) is 17.4. The van der Waals surface area contributed by atoms with Crippen LogP contribution in [0, 0.1) is 11.8 Å². The average Bonchev–Trinajstić information content (AvgIpc) is 3.60. The van der Waals surface area contributed by atoms with Gasteiger partial charge in [0.1, 0.15) is 6.04 Å². The van der Waals surface area contributed by atoms with Crippen LogP contribution in [0.1, 0.15) is 36.4 Å². The number of hydrogen-bond acceptors (Lipinski definition) is 6. The predicted molar refractivity (Wildman–Crippen MR) is 168 cm³/mol. The number of allylic oxidation sites excluding steroid dienone is 1. The smallest absolute Gasteiger partial charge is 0.310 e. The van der Waals surface area contributed by atoms with Gasteiger partial charge < -0.3 is 19.6 Å². The fourth-order valence-electron chi connectivity index (χ4n) is 6.84. The highest BCUT2D eigenvalue weighted by Crippen LogP contribution is 2.68. The van der Waals surface area contributed by atoms with E-state index in [1.54, 1.807) is 33.7 Å². The van der Waals surface area contributed by atoms with Crippen LogP contribution in [0.5, 0.6) is 0 Å². The standard InChI is InChI=1S/C33H37BrN2O5S/c1-3-5-12-18-41-32(40)26-27-30(38)36(25(21-37)23-15-10-7-11-16-23)29(33(27)19-24(34)28(26)42-33)31(39)35(17-4-2)20-22-13-8-6-9-14-22/h3-4,6-11,13-16,24-29,37H,1-2,5,12,17-21H2/t24?,25-,26+,27+,28+,29?,33?/m1/s1. The molecule has 0 aromatic heterocycles. The molecule has 42 heavy (non-hydrogen) atoms. The van der Waals surface area contributed by atoms with Crippen LogP contribution in [0.2, 0.25) is 0 Å². The number of alkyl halides is 1. The molecule has 7 atom stereocenters. The van der Waals surface area contributed by atoms with Gasteiger partial charge in [-0.1, -0.05) is 88.7 Å². The van der Waals surface area contributed by atoms with Crippen LogP contribution in [0.4, 0.5) is 0 Å². The number of rotatable bonds is 13. The normalized spacial score (nSPS) is 28.3. The van der Waals surface area contributed by atoms with E-state index in [0.29, 0.717) is 25.9 Å². The fourth-order valence-corrected chi connectivity index (χ4v) is 10.4. The van der Waals surface area contributed by atoms with Crippen molar-refractivity contribution in [3.05, 3.63) is 97.1 Å². The Labute approximate surface area is 260 Å². The van der Waals surface area contributed by atoms with Crippen molar-refractivity contribution in [3.63, 3.8) is 0 Å². The van der Waals surface area contributed by atoms with Crippen LogP contribution in [-0.2, 0) is 25.7 Å². The Bertz CT molecular complexity index is 1310. The third kappa shape index (κ3) is 5.47. The molecule has 1 spiro atoms. The number of halogens is 1. The molecular formula is C33H37BrN2O5S. The van der Waals surface area contributed by atoms with Crippen molar-refractivity contribution in [1.82, 2.24) is 9.80 Å². The van der Waals surface area contributed by atoms with Gasteiger partial charge in [-0.15, -0.1) is 24.9 Å². The Balaban J connectivity index is 1.57. The Morgan fingerprint density at radius 2 is 1.83 bits per heavy atom. The van der Waals surface area contributed by atoms with Crippen molar-refractivity contribution >= 4 is 45.5 Å². The molecule has 0 radical (unpaired) electrons. The van der Waals surface area contributed by atoms with E-state index in [9.17, 15) is 19.5 Å². The van der Waals surface area contributed by atoms with Crippen LogP contribution >= 0.6 is 27.7 Å². The minimum atomic E-state index is -0.885. The second kappa shape index (κ2) is 13.2. The number of aliphatic hydroxyl groups is 1. The predicted octanol–water partition coefficient (Wildman–Crippen LogP) is 4.91. The first-order chi connectivity index (χ1) is 20.4. The summed E-state index contributed by atoms with van der Waals surface area (Å²) in [7, 11) is 0. The van der Waals surface area contributed by atoms with Crippen LogP contribution in [0.15, 0.2) is 86.0 Å². The number of benzene rings is 2. The molecule has 2 aromatic carbocycles.